The van der Waals surface area contributed by atoms with E-state index in [2.05, 4.69) is 63.9 Å². The molecule has 8 nitrogen and oxygen atoms in total. The average Bonchev–Trinajstić information content (AvgIpc) is 3.54. The Kier molecular flexibility index (Phi) is 6.43. The second-order valence-corrected chi connectivity index (χ2v) is 9.87. The molecule has 178 valence electrons. The van der Waals surface area contributed by atoms with Crippen LogP contribution in [0.3, 0.4) is 0 Å². The van der Waals surface area contributed by atoms with Gasteiger partial charge in [-0.05, 0) is 91.4 Å². The summed E-state index contributed by atoms with van der Waals surface area (Å²) < 4.78 is 7.23. The van der Waals surface area contributed by atoms with Gasteiger partial charge >= 0.3 is 0 Å². The molecule has 1 N–H and O–H groups in total. The van der Waals surface area contributed by atoms with Crippen molar-refractivity contribution >= 4 is 5.91 Å². The summed E-state index contributed by atoms with van der Waals surface area (Å²) in [4.78, 5) is 15.7. The van der Waals surface area contributed by atoms with Crippen molar-refractivity contribution in [3.05, 3.63) is 59.9 Å². The lowest BCUT2D eigenvalue weighted by Gasteiger charge is -2.39. The van der Waals surface area contributed by atoms with Crippen molar-refractivity contribution in [1.82, 2.24) is 30.4 Å². The van der Waals surface area contributed by atoms with E-state index < -0.39 is 0 Å². The van der Waals surface area contributed by atoms with Gasteiger partial charge in [-0.15, -0.1) is 5.10 Å². The summed E-state index contributed by atoms with van der Waals surface area (Å²) in [5.41, 5.74) is 4.92. The molecule has 0 unspecified atom stereocenters. The molecule has 2 fully saturated rings. The minimum absolute atomic E-state index is 0.0425. The first-order valence-corrected chi connectivity index (χ1v) is 12.1. The first-order valence-electron chi connectivity index (χ1n) is 12.1. The van der Waals surface area contributed by atoms with Gasteiger partial charge in [0.1, 0.15) is 6.33 Å². The molecule has 2 aliphatic heterocycles. The second-order valence-electron chi connectivity index (χ2n) is 9.87. The third-order valence-electron chi connectivity index (χ3n) is 7.19. The number of benzene rings is 2. The van der Waals surface area contributed by atoms with Gasteiger partial charge in [-0.2, -0.15) is 0 Å². The Hall–Kier alpha value is -3.10. The van der Waals surface area contributed by atoms with Crippen molar-refractivity contribution in [1.29, 1.82) is 0 Å². The molecular weight excluding hydrogens is 428 g/mol. The van der Waals surface area contributed by atoms with E-state index >= 15 is 0 Å². The number of hydrogen-bond donors (Lipinski definition) is 1. The van der Waals surface area contributed by atoms with Gasteiger partial charge < -0.3 is 15.0 Å². The first-order chi connectivity index (χ1) is 16.5. The molecule has 0 radical (unpaired) electrons. The highest BCUT2D eigenvalue weighted by Crippen LogP contribution is 2.39. The van der Waals surface area contributed by atoms with Crippen LogP contribution < -0.4 is 5.32 Å². The van der Waals surface area contributed by atoms with E-state index in [1.165, 1.54) is 31.2 Å². The van der Waals surface area contributed by atoms with Crippen LogP contribution in [0, 0.1) is 12.3 Å². The van der Waals surface area contributed by atoms with E-state index in [9.17, 15) is 4.79 Å². The summed E-state index contributed by atoms with van der Waals surface area (Å²) >= 11 is 0. The summed E-state index contributed by atoms with van der Waals surface area (Å²) in [5.74, 6) is -0.0894. The fourth-order valence-electron chi connectivity index (χ4n) is 5.06. The zero-order chi connectivity index (χ0) is 23.5. The molecule has 34 heavy (non-hydrogen) atoms. The van der Waals surface area contributed by atoms with Crippen LogP contribution >= 0.6 is 0 Å². The number of likely N-dealkylation sites (tertiary alicyclic amines) is 1. The molecule has 0 saturated carbocycles. The largest absolute Gasteiger partial charge is 0.381 e. The molecule has 8 heteroatoms. The van der Waals surface area contributed by atoms with E-state index in [4.69, 9.17) is 4.74 Å². The number of carbonyl (C=O) groups excluding carboxylic acids is 1. The predicted molar refractivity (Wildman–Crippen MR) is 130 cm³/mol. The van der Waals surface area contributed by atoms with Crippen LogP contribution in [0.5, 0.6) is 0 Å². The van der Waals surface area contributed by atoms with Crippen molar-refractivity contribution in [2.75, 3.05) is 32.8 Å². The number of rotatable bonds is 6. The van der Waals surface area contributed by atoms with Crippen molar-refractivity contribution in [2.45, 2.75) is 39.2 Å². The lowest BCUT2D eigenvalue weighted by atomic mass is 9.78. The molecule has 3 heterocycles. The van der Waals surface area contributed by atoms with Crippen LogP contribution in [0.1, 0.15) is 42.1 Å². The maximum absolute atomic E-state index is 13.3. The molecule has 5 rings (SSSR count). The number of nitrogens with zero attached hydrogens (tertiary/aromatic N) is 5. The molecule has 3 aromatic rings. The monoisotopic (exact) mass is 460 g/mol. The Balaban J connectivity index is 1.29. The topological polar surface area (TPSA) is 85.2 Å². The number of hydrogen-bond acceptors (Lipinski definition) is 6. The normalized spacial score (nSPS) is 18.8. The molecule has 2 saturated heterocycles. The minimum atomic E-state index is -0.0894. The maximum Gasteiger partial charge on any atom is 0.251 e. The molecule has 2 aromatic carbocycles. The number of nitrogens with one attached hydrogen (secondary N) is 1. The molecule has 2 aliphatic rings. The summed E-state index contributed by atoms with van der Waals surface area (Å²) in [6.07, 6.45) is 5.09. The van der Waals surface area contributed by atoms with Gasteiger partial charge in [-0.3, -0.25) is 4.79 Å². The Labute approximate surface area is 200 Å². The Morgan fingerprint density at radius 1 is 1.12 bits per heavy atom. The first kappa shape index (κ1) is 22.7. The highest BCUT2D eigenvalue weighted by molar-refractivity contribution is 5.96. The van der Waals surface area contributed by atoms with Crippen molar-refractivity contribution in [2.24, 2.45) is 5.41 Å². The van der Waals surface area contributed by atoms with Crippen molar-refractivity contribution in [3.63, 3.8) is 0 Å². The van der Waals surface area contributed by atoms with Crippen molar-refractivity contribution < 1.29 is 9.53 Å². The highest BCUT2D eigenvalue weighted by atomic mass is 16.5. The van der Waals surface area contributed by atoms with E-state index in [-0.39, 0.29) is 11.9 Å². The molecular formula is C26H32N6O2. The van der Waals surface area contributed by atoms with Crippen LogP contribution in [-0.4, -0.2) is 69.9 Å². The van der Waals surface area contributed by atoms with E-state index in [0.29, 0.717) is 11.0 Å². The zero-order valence-corrected chi connectivity index (χ0v) is 19.9. The number of amides is 1. The van der Waals surface area contributed by atoms with Gasteiger partial charge in [0.15, 0.2) is 0 Å². The Morgan fingerprint density at radius 2 is 1.91 bits per heavy atom. The standard InChI is InChI=1S/C26H32N6O2/c1-19-3-5-21(6-4-19)22-13-23(15-24(14-22)32-18-27-29-30-32)25(33)28-20(2)16-31-10-7-26(8-11-31)9-12-34-17-26/h3-6,13-15,18,20H,7-12,16-17H2,1-2H3,(H,28,33)/t20-/m1/s1. The number of carbonyl (C=O) groups is 1. The second kappa shape index (κ2) is 9.64. The van der Waals surface area contributed by atoms with Gasteiger partial charge in [0, 0.05) is 24.8 Å². The van der Waals surface area contributed by atoms with E-state index in [0.717, 1.165) is 49.7 Å². The molecule has 0 bridgehead atoms. The lowest BCUT2D eigenvalue weighted by molar-refractivity contribution is 0.0741. The summed E-state index contributed by atoms with van der Waals surface area (Å²) in [5, 5.41) is 14.7. The third-order valence-corrected chi connectivity index (χ3v) is 7.19. The SMILES string of the molecule is Cc1ccc(-c2cc(C(=O)N[C@H](C)CN3CCC4(CCOC4)CC3)cc(-n3cnnn3)c2)cc1. The fourth-order valence-corrected chi connectivity index (χ4v) is 5.06. The maximum atomic E-state index is 13.3. The molecule has 1 amide bonds. The van der Waals surface area contributed by atoms with Crippen LogP contribution in [0.15, 0.2) is 48.8 Å². The van der Waals surface area contributed by atoms with Crippen LogP contribution in [0.4, 0.5) is 0 Å². The summed E-state index contributed by atoms with van der Waals surface area (Å²) in [7, 11) is 0. The number of tetrazole rings is 1. The van der Waals surface area contributed by atoms with Gasteiger partial charge in [-0.1, -0.05) is 29.8 Å². The highest BCUT2D eigenvalue weighted by Gasteiger charge is 2.38. The van der Waals surface area contributed by atoms with Crippen LogP contribution in [0.2, 0.25) is 0 Å². The number of aromatic nitrogens is 4. The van der Waals surface area contributed by atoms with Crippen LogP contribution in [0.25, 0.3) is 16.8 Å². The average molecular weight is 461 g/mol. The van der Waals surface area contributed by atoms with E-state index in [1.807, 2.05) is 18.2 Å². The van der Waals surface area contributed by atoms with Gasteiger partial charge in [-0.25, -0.2) is 4.68 Å². The van der Waals surface area contributed by atoms with Gasteiger partial charge in [0.25, 0.3) is 5.91 Å². The smallest absolute Gasteiger partial charge is 0.251 e. The Bertz CT molecular complexity index is 1110. The molecule has 0 aliphatic carbocycles. The third kappa shape index (κ3) is 5.03. The van der Waals surface area contributed by atoms with Crippen molar-refractivity contribution in [3.8, 4) is 16.8 Å². The van der Waals surface area contributed by atoms with E-state index in [1.54, 1.807) is 4.68 Å². The number of aryl methyl sites for hydroxylation is 1. The lowest BCUT2D eigenvalue weighted by Crippen LogP contribution is -2.47. The number of piperidine rings is 1. The summed E-state index contributed by atoms with van der Waals surface area (Å²) in [6, 6.07) is 14.1. The van der Waals surface area contributed by atoms with Crippen LogP contribution in [-0.2, 0) is 4.74 Å². The molecule has 1 spiro atoms. The molecule has 1 atom stereocenters. The molecule has 1 aromatic heterocycles. The van der Waals surface area contributed by atoms with Gasteiger partial charge in [0.05, 0.1) is 12.3 Å². The number of ether oxygens (including phenoxy) is 1. The quantitative estimate of drug-likeness (QED) is 0.608. The summed E-state index contributed by atoms with van der Waals surface area (Å²) in [6.45, 7) is 8.93. The van der Waals surface area contributed by atoms with Gasteiger partial charge in [0.2, 0.25) is 0 Å². The predicted octanol–water partition coefficient (Wildman–Crippen LogP) is 3.26. The minimum Gasteiger partial charge on any atom is -0.381 e. The zero-order valence-electron chi connectivity index (χ0n) is 19.9. The Morgan fingerprint density at radius 3 is 2.59 bits per heavy atom. The fraction of sp³-hybridized carbons (Fsp3) is 0.462.